The zero-order valence-corrected chi connectivity index (χ0v) is 11.5. The molecule has 7 nitrogen and oxygen atoms in total. The minimum atomic E-state index is -3.84. The van der Waals surface area contributed by atoms with Crippen molar-refractivity contribution < 1.29 is 22.7 Å². The number of hydrogen-bond acceptors (Lipinski definition) is 5. The first-order valence-electron chi connectivity index (χ1n) is 5.55. The van der Waals surface area contributed by atoms with Crippen LogP contribution in [0.1, 0.15) is 6.92 Å². The van der Waals surface area contributed by atoms with Crippen molar-refractivity contribution in [3.63, 3.8) is 0 Å². The summed E-state index contributed by atoms with van der Waals surface area (Å²) in [5.41, 5.74) is 0.239. The quantitative estimate of drug-likeness (QED) is 0.602. The van der Waals surface area contributed by atoms with Crippen LogP contribution in [0, 0.1) is 0 Å². The third-order valence-electron chi connectivity index (χ3n) is 2.09. The Labute approximate surface area is 116 Å². The smallest absolute Gasteiger partial charge is 0.330 e. The van der Waals surface area contributed by atoms with Crippen LogP contribution < -0.4 is 10.5 Å². The maximum atomic E-state index is 11.5. The highest BCUT2D eigenvalue weighted by molar-refractivity contribution is 7.89. The van der Waals surface area contributed by atoms with Crippen LogP contribution in [0.5, 0.6) is 0 Å². The molecule has 108 valence electrons. The average molecular weight is 298 g/mol. The Morgan fingerprint density at radius 1 is 1.40 bits per heavy atom. The van der Waals surface area contributed by atoms with E-state index >= 15 is 0 Å². The minimum Gasteiger partial charge on any atom is -0.452 e. The van der Waals surface area contributed by atoms with Crippen LogP contribution in [0.15, 0.2) is 41.3 Å². The van der Waals surface area contributed by atoms with E-state index in [1.165, 1.54) is 36.4 Å². The lowest BCUT2D eigenvalue weighted by atomic mass is 10.3. The van der Waals surface area contributed by atoms with Crippen molar-refractivity contribution in [1.82, 2.24) is 0 Å². The number of primary sulfonamides is 1. The third-order valence-corrected chi connectivity index (χ3v) is 3.01. The molecule has 8 heteroatoms. The average Bonchev–Trinajstić information content (AvgIpc) is 2.36. The predicted octanol–water partition coefficient (Wildman–Crippen LogP) is 0.392. The number of sulfonamides is 1. The van der Waals surface area contributed by atoms with Gasteiger partial charge in [-0.2, -0.15) is 0 Å². The number of anilines is 1. The van der Waals surface area contributed by atoms with E-state index in [-0.39, 0.29) is 10.6 Å². The van der Waals surface area contributed by atoms with Gasteiger partial charge in [-0.3, -0.25) is 4.79 Å². The lowest BCUT2D eigenvalue weighted by Gasteiger charge is -2.06. The van der Waals surface area contributed by atoms with Gasteiger partial charge in [-0.25, -0.2) is 18.4 Å². The fourth-order valence-corrected chi connectivity index (χ4v) is 1.83. The summed E-state index contributed by atoms with van der Waals surface area (Å²) in [5, 5.41) is 7.36. The number of allylic oxidation sites excluding steroid dienone is 1. The van der Waals surface area contributed by atoms with Gasteiger partial charge in [0.25, 0.3) is 5.91 Å². The Balaban J connectivity index is 2.65. The van der Waals surface area contributed by atoms with E-state index in [9.17, 15) is 18.0 Å². The number of amides is 1. The number of rotatable bonds is 5. The molecular weight excluding hydrogens is 284 g/mol. The number of hydrogen-bond donors (Lipinski definition) is 2. The van der Waals surface area contributed by atoms with Crippen molar-refractivity contribution in [3.05, 3.63) is 36.4 Å². The molecule has 0 aliphatic heterocycles. The van der Waals surface area contributed by atoms with Gasteiger partial charge in [0.1, 0.15) is 0 Å². The van der Waals surface area contributed by atoms with Gasteiger partial charge < -0.3 is 10.1 Å². The van der Waals surface area contributed by atoms with Crippen LogP contribution >= 0.6 is 0 Å². The number of ether oxygens (including phenoxy) is 1. The minimum absolute atomic E-state index is 0.124. The van der Waals surface area contributed by atoms with Crippen LogP contribution in [0.2, 0.25) is 0 Å². The summed E-state index contributed by atoms with van der Waals surface area (Å²) < 4.78 is 26.9. The molecule has 0 saturated carbocycles. The Bertz CT molecular complexity index is 637. The first-order valence-corrected chi connectivity index (χ1v) is 7.09. The predicted molar refractivity (Wildman–Crippen MR) is 72.2 cm³/mol. The van der Waals surface area contributed by atoms with Crippen LogP contribution in [0.3, 0.4) is 0 Å². The molecule has 0 unspecified atom stereocenters. The molecule has 0 radical (unpaired) electrons. The van der Waals surface area contributed by atoms with Gasteiger partial charge in [-0.05, 0) is 25.1 Å². The number of esters is 1. The van der Waals surface area contributed by atoms with E-state index in [0.29, 0.717) is 0 Å². The highest BCUT2D eigenvalue weighted by Crippen LogP contribution is 2.13. The zero-order valence-electron chi connectivity index (χ0n) is 10.7. The number of nitrogens with two attached hydrogens (primary N) is 1. The fraction of sp³-hybridized carbons (Fsp3) is 0.167. The molecule has 20 heavy (non-hydrogen) atoms. The van der Waals surface area contributed by atoms with Crippen LogP contribution in [-0.2, 0) is 24.3 Å². The second-order valence-electron chi connectivity index (χ2n) is 3.73. The lowest BCUT2D eigenvalue weighted by Crippen LogP contribution is -2.20. The summed E-state index contributed by atoms with van der Waals surface area (Å²) >= 11 is 0. The Hall–Kier alpha value is -2.19. The maximum Gasteiger partial charge on any atom is 0.330 e. The number of benzene rings is 1. The topological polar surface area (TPSA) is 116 Å². The van der Waals surface area contributed by atoms with Crippen LogP contribution in [-0.4, -0.2) is 26.9 Å². The first-order chi connectivity index (χ1) is 9.32. The van der Waals surface area contributed by atoms with Gasteiger partial charge in [0.15, 0.2) is 6.61 Å². The molecule has 0 spiro atoms. The number of carbonyl (C=O) groups excluding carboxylic acids is 2. The molecule has 1 amide bonds. The monoisotopic (exact) mass is 298 g/mol. The molecule has 3 N–H and O–H groups in total. The van der Waals surface area contributed by atoms with Gasteiger partial charge >= 0.3 is 5.97 Å². The van der Waals surface area contributed by atoms with Gasteiger partial charge in [0, 0.05) is 11.8 Å². The van der Waals surface area contributed by atoms with Gasteiger partial charge in [-0.15, -0.1) is 0 Å². The SMILES string of the molecule is CC=CC(=O)OCC(=O)Nc1cccc(S(N)(=O)=O)c1. The lowest BCUT2D eigenvalue weighted by molar-refractivity contribution is -0.142. The molecule has 0 atom stereocenters. The molecule has 1 rings (SSSR count). The third kappa shape index (κ3) is 5.21. The van der Waals surface area contributed by atoms with E-state index in [1.807, 2.05) is 0 Å². The second-order valence-corrected chi connectivity index (χ2v) is 5.29. The standard InChI is InChI=1S/C12H14N2O5S/c1-2-4-12(16)19-8-11(15)14-9-5-3-6-10(7-9)20(13,17)18/h2-7H,8H2,1H3,(H,14,15)(H2,13,17,18). The Kier molecular flexibility index (Phi) is 5.42. The molecule has 0 aliphatic carbocycles. The summed E-state index contributed by atoms with van der Waals surface area (Å²) in [6, 6.07) is 5.43. The van der Waals surface area contributed by atoms with Crippen molar-refractivity contribution in [1.29, 1.82) is 0 Å². The highest BCUT2D eigenvalue weighted by Gasteiger charge is 2.10. The van der Waals surface area contributed by atoms with Crippen molar-refractivity contribution >= 4 is 27.6 Å². The van der Waals surface area contributed by atoms with Gasteiger partial charge in [0.05, 0.1) is 4.90 Å². The van der Waals surface area contributed by atoms with E-state index < -0.39 is 28.5 Å². The molecule has 0 bridgehead atoms. The van der Waals surface area contributed by atoms with E-state index in [4.69, 9.17) is 5.14 Å². The number of nitrogens with one attached hydrogen (secondary N) is 1. The zero-order chi connectivity index (χ0) is 15.2. The Morgan fingerprint density at radius 3 is 2.70 bits per heavy atom. The second kappa shape index (κ2) is 6.83. The van der Waals surface area contributed by atoms with E-state index in [1.54, 1.807) is 6.92 Å². The van der Waals surface area contributed by atoms with Gasteiger partial charge in [-0.1, -0.05) is 12.1 Å². The van der Waals surface area contributed by atoms with Crippen molar-refractivity contribution in [3.8, 4) is 0 Å². The summed E-state index contributed by atoms with van der Waals surface area (Å²) in [7, 11) is -3.84. The van der Waals surface area contributed by atoms with Crippen molar-refractivity contribution in [2.45, 2.75) is 11.8 Å². The summed E-state index contributed by atoms with van der Waals surface area (Å²) in [5.74, 6) is -1.23. The molecule has 0 fully saturated rings. The van der Waals surface area contributed by atoms with Crippen LogP contribution in [0.25, 0.3) is 0 Å². The first kappa shape index (κ1) is 15.9. The molecule has 0 heterocycles. The number of carbonyl (C=O) groups is 2. The summed E-state index contributed by atoms with van der Waals surface area (Å²) in [6.45, 7) is 1.17. The molecule has 1 aromatic carbocycles. The van der Waals surface area contributed by atoms with E-state index in [2.05, 4.69) is 10.1 Å². The molecule has 0 aromatic heterocycles. The Morgan fingerprint density at radius 2 is 2.10 bits per heavy atom. The van der Waals surface area contributed by atoms with Crippen LogP contribution in [0.4, 0.5) is 5.69 Å². The van der Waals surface area contributed by atoms with Crippen molar-refractivity contribution in [2.75, 3.05) is 11.9 Å². The molecule has 0 aliphatic rings. The normalized spacial score (nSPS) is 11.3. The summed E-state index contributed by atoms with van der Waals surface area (Å²) in [4.78, 5) is 22.4. The van der Waals surface area contributed by atoms with Gasteiger partial charge in [0.2, 0.25) is 10.0 Å². The largest absolute Gasteiger partial charge is 0.452 e. The highest BCUT2D eigenvalue weighted by atomic mass is 32.2. The van der Waals surface area contributed by atoms with E-state index in [0.717, 1.165) is 0 Å². The molecule has 1 aromatic rings. The maximum absolute atomic E-state index is 11.5. The summed E-state index contributed by atoms with van der Waals surface area (Å²) in [6.07, 6.45) is 2.66. The molecular formula is C12H14N2O5S. The molecule has 0 saturated heterocycles. The fourth-order valence-electron chi connectivity index (χ4n) is 1.27. The van der Waals surface area contributed by atoms with Crippen molar-refractivity contribution in [2.24, 2.45) is 5.14 Å².